The second kappa shape index (κ2) is 3.75. The summed E-state index contributed by atoms with van der Waals surface area (Å²) in [7, 11) is 0. The first-order valence-corrected chi connectivity index (χ1v) is 3.91. The van der Waals surface area contributed by atoms with Gasteiger partial charge in [0.1, 0.15) is 5.78 Å². The van der Waals surface area contributed by atoms with Gasteiger partial charge in [-0.1, -0.05) is 20.8 Å². The maximum Gasteiger partial charge on any atom is 0.129 e. The molecule has 0 aliphatic rings. The molecule has 0 fully saturated rings. The maximum absolute atomic E-state index is 10.5. The normalized spacial score (nSPS) is 11.6. The van der Waals surface area contributed by atoms with Gasteiger partial charge in [0.15, 0.2) is 0 Å². The number of Topliss-reactive ketones (excluding diaryl/α,β-unsaturated/α-hetero) is 1. The number of hydrogen-bond donors (Lipinski definition) is 0. The van der Waals surface area contributed by atoms with Crippen LogP contribution < -0.4 is 0 Å². The molecule has 0 spiro atoms. The molecular formula is C9H18O. The van der Waals surface area contributed by atoms with Crippen LogP contribution in [0, 0.1) is 5.41 Å². The molecular weight excluding hydrogens is 124 g/mol. The maximum atomic E-state index is 10.5. The van der Waals surface area contributed by atoms with Crippen LogP contribution in [0.3, 0.4) is 0 Å². The topological polar surface area (TPSA) is 17.1 Å². The summed E-state index contributed by atoms with van der Waals surface area (Å²) in [5.41, 5.74) is 0.384. The number of hydrogen-bond acceptors (Lipinski definition) is 1. The SMILES string of the molecule is CC(=O)CCCC(C)(C)C. The van der Waals surface area contributed by atoms with Crippen molar-refractivity contribution >= 4 is 5.78 Å². The van der Waals surface area contributed by atoms with E-state index in [2.05, 4.69) is 20.8 Å². The molecule has 0 rings (SSSR count). The van der Waals surface area contributed by atoms with Gasteiger partial charge in [0.05, 0.1) is 0 Å². The van der Waals surface area contributed by atoms with Crippen LogP contribution in [0.4, 0.5) is 0 Å². The first kappa shape index (κ1) is 9.67. The first-order valence-electron chi connectivity index (χ1n) is 3.91. The molecule has 0 amide bonds. The lowest BCUT2D eigenvalue weighted by molar-refractivity contribution is -0.117. The van der Waals surface area contributed by atoms with Crippen molar-refractivity contribution in [3.05, 3.63) is 0 Å². The van der Waals surface area contributed by atoms with Crippen molar-refractivity contribution in [3.8, 4) is 0 Å². The molecule has 0 aromatic carbocycles. The molecule has 1 nitrogen and oxygen atoms in total. The van der Waals surface area contributed by atoms with Gasteiger partial charge in [0.2, 0.25) is 0 Å². The minimum Gasteiger partial charge on any atom is -0.300 e. The Morgan fingerprint density at radius 2 is 1.80 bits per heavy atom. The molecule has 1 heteroatoms. The van der Waals surface area contributed by atoms with Crippen molar-refractivity contribution < 1.29 is 4.79 Å². The molecule has 0 aromatic rings. The van der Waals surface area contributed by atoms with Crippen molar-refractivity contribution in [3.63, 3.8) is 0 Å². The summed E-state index contributed by atoms with van der Waals surface area (Å²) in [6.07, 6.45) is 2.93. The molecule has 0 aliphatic heterocycles. The van der Waals surface area contributed by atoms with E-state index in [1.54, 1.807) is 6.92 Å². The minimum atomic E-state index is 0.309. The Hall–Kier alpha value is -0.330. The highest BCUT2D eigenvalue weighted by Gasteiger charge is 2.09. The average molecular weight is 142 g/mol. The summed E-state index contributed by atoms with van der Waals surface area (Å²) in [6, 6.07) is 0. The van der Waals surface area contributed by atoms with Gasteiger partial charge < -0.3 is 4.79 Å². The van der Waals surface area contributed by atoms with Gasteiger partial charge in [-0.2, -0.15) is 0 Å². The monoisotopic (exact) mass is 142 g/mol. The molecule has 0 unspecified atom stereocenters. The molecule has 0 heterocycles. The molecule has 10 heavy (non-hydrogen) atoms. The lowest BCUT2D eigenvalue weighted by Crippen LogP contribution is -2.05. The second-order valence-electron chi connectivity index (χ2n) is 4.12. The summed E-state index contributed by atoms with van der Waals surface area (Å²) in [4.78, 5) is 10.5. The summed E-state index contributed by atoms with van der Waals surface area (Å²) < 4.78 is 0. The summed E-state index contributed by atoms with van der Waals surface area (Å²) in [5.74, 6) is 0.309. The van der Waals surface area contributed by atoms with Crippen molar-refractivity contribution in [1.82, 2.24) is 0 Å². The van der Waals surface area contributed by atoms with Crippen LogP contribution >= 0.6 is 0 Å². The van der Waals surface area contributed by atoms with Crippen LogP contribution in [0.1, 0.15) is 47.0 Å². The van der Waals surface area contributed by atoms with Gasteiger partial charge in [-0.05, 0) is 25.2 Å². The van der Waals surface area contributed by atoms with E-state index in [4.69, 9.17) is 0 Å². The van der Waals surface area contributed by atoms with E-state index in [0.717, 1.165) is 19.3 Å². The fourth-order valence-corrected chi connectivity index (χ4v) is 0.868. The van der Waals surface area contributed by atoms with Crippen LogP contribution in [-0.4, -0.2) is 5.78 Å². The zero-order chi connectivity index (χ0) is 8.20. The summed E-state index contributed by atoms with van der Waals surface area (Å²) >= 11 is 0. The molecule has 0 aliphatic carbocycles. The van der Waals surface area contributed by atoms with E-state index < -0.39 is 0 Å². The van der Waals surface area contributed by atoms with Crippen molar-refractivity contribution in [2.45, 2.75) is 47.0 Å². The molecule has 0 saturated carbocycles. The first-order chi connectivity index (χ1) is 4.42. The highest BCUT2D eigenvalue weighted by atomic mass is 16.1. The van der Waals surface area contributed by atoms with Gasteiger partial charge in [0.25, 0.3) is 0 Å². The zero-order valence-corrected chi connectivity index (χ0v) is 7.53. The van der Waals surface area contributed by atoms with Gasteiger partial charge in [-0.15, -0.1) is 0 Å². The van der Waals surface area contributed by atoms with Gasteiger partial charge >= 0.3 is 0 Å². The Morgan fingerprint density at radius 1 is 1.30 bits per heavy atom. The number of carbonyl (C=O) groups is 1. The van der Waals surface area contributed by atoms with Crippen molar-refractivity contribution in [2.75, 3.05) is 0 Å². The summed E-state index contributed by atoms with van der Waals surface area (Å²) in [6.45, 7) is 8.26. The van der Waals surface area contributed by atoms with E-state index in [1.807, 2.05) is 0 Å². The average Bonchev–Trinajstić information content (AvgIpc) is 1.59. The second-order valence-corrected chi connectivity index (χ2v) is 4.12. The molecule has 0 radical (unpaired) electrons. The van der Waals surface area contributed by atoms with Crippen LogP contribution in [0.5, 0.6) is 0 Å². The Bertz CT molecular complexity index is 108. The Balaban J connectivity index is 3.29. The predicted molar refractivity (Wildman–Crippen MR) is 44.0 cm³/mol. The van der Waals surface area contributed by atoms with E-state index >= 15 is 0 Å². The minimum absolute atomic E-state index is 0.309. The molecule has 60 valence electrons. The fraction of sp³-hybridized carbons (Fsp3) is 0.889. The van der Waals surface area contributed by atoms with E-state index in [9.17, 15) is 4.79 Å². The van der Waals surface area contributed by atoms with Crippen LogP contribution in [-0.2, 0) is 4.79 Å². The Kier molecular flexibility index (Phi) is 3.62. The van der Waals surface area contributed by atoms with Crippen molar-refractivity contribution in [1.29, 1.82) is 0 Å². The van der Waals surface area contributed by atoms with Gasteiger partial charge in [-0.3, -0.25) is 0 Å². The Labute approximate surface area is 63.8 Å². The summed E-state index contributed by atoms with van der Waals surface area (Å²) in [5, 5.41) is 0. The smallest absolute Gasteiger partial charge is 0.129 e. The van der Waals surface area contributed by atoms with Gasteiger partial charge in [-0.25, -0.2) is 0 Å². The van der Waals surface area contributed by atoms with E-state index in [0.29, 0.717) is 11.2 Å². The lowest BCUT2D eigenvalue weighted by atomic mass is 9.89. The van der Waals surface area contributed by atoms with Crippen LogP contribution in [0.25, 0.3) is 0 Å². The molecule has 0 atom stereocenters. The lowest BCUT2D eigenvalue weighted by Gasteiger charge is -2.16. The standard InChI is InChI=1S/C9H18O/c1-8(10)6-5-7-9(2,3)4/h5-7H2,1-4H3. The molecule has 0 N–H and O–H groups in total. The predicted octanol–water partition coefficient (Wildman–Crippen LogP) is 2.79. The molecule has 0 bridgehead atoms. The number of carbonyl (C=O) groups excluding carboxylic acids is 1. The quantitative estimate of drug-likeness (QED) is 0.592. The number of rotatable bonds is 3. The zero-order valence-electron chi connectivity index (χ0n) is 7.53. The highest BCUT2D eigenvalue weighted by molar-refractivity contribution is 5.75. The third-order valence-corrected chi connectivity index (χ3v) is 1.46. The fourth-order valence-electron chi connectivity index (χ4n) is 0.868. The Morgan fingerprint density at radius 3 is 2.10 bits per heavy atom. The third kappa shape index (κ3) is 7.67. The highest BCUT2D eigenvalue weighted by Crippen LogP contribution is 2.21. The van der Waals surface area contributed by atoms with Crippen LogP contribution in [0.15, 0.2) is 0 Å². The van der Waals surface area contributed by atoms with Gasteiger partial charge in [0, 0.05) is 6.42 Å². The van der Waals surface area contributed by atoms with E-state index in [1.165, 1.54) is 0 Å². The van der Waals surface area contributed by atoms with Crippen molar-refractivity contribution in [2.24, 2.45) is 5.41 Å². The van der Waals surface area contributed by atoms with E-state index in [-0.39, 0.29) is 0 Å². The number of ketones is 1. The molecule has 0 saturated heterocycles. The van der Waals surface area contributed by atoms with Crippen LogP contribution in [0.2, 0.25) is 0 Å². The largest absolute Gasteiger partial charge is 0.300 e. The molecule has 0 aromatic heterocycles. The third-order valence-electron chi connectivity index (χ3n) is 1.46.